The van der Waals surface area contributed by atoms with Crippen molar-refractivity contribution >= 4 is 29.3 Å². The first-order valence-corrected chi connectivity index (χ1v) is 11.7. The Morgan fingerprint density at radius 3 is 2.53 bits per heavy atom. The lowest BCUT2D eigenvalue weighted by Gasteiger charge is -2.39. The number of aliphatic hydroxyl groups excluding tert-OH is 1. The summed E-state index contributed by atoms with van der Waals surface area (Å²) in [4.78, 5) is 13.3. The molecule has 3 atom stereocenters. The van der Waals surface area contributed by atoms with Gasteiger partial charge in [-0.2, -0.15) is 17.7 Å². The van der Waals surface area contributed by atoms with Crippen LogP contribution in [-0.2, 0) is 0 Å². The molecule has 2 fully saturated rings. The van der Waals surface area contributed by atoms with E-state index in [-0.39, 0.29) is 17.3 Å². The number of aromatic nitrogens is 4. The molecule has 3 aromatic rings. The van der Waals surface area contributed by atoms with Crippen molar-refractivity contribution in [2.45, 2.75) is 44.2 Å². The van der Waals surface area contributed by atoms with Crippen molar-refractivity contribution in [3.63, 3.8) is 0 Å². The minimum Gasteiger partial charge on any atom is -0.389 e. The summed E-state index contributed by atoms with van der Waals surface area (Å²) in [6, 6.07) is 6.03. The van der Waals surface area contributed by atoms with E-state index in [1.807, 2.05) is 31.0 Å². The van der Waals surface area contributed by atoms with Crippen molar-refractivity contribution in [2.75, 3.05) is 37.6 Å². The maximum atomic E-state index is 15.3. The second kappa shape index (κ2) is 8.28. The third-order valence-corrected chi connectivity index (χ3v) is 7.14. The quantitative estimate of drug-likeness (QED) is 0.589. The third kappa shape index (κ3) is 3.76. The fraction of sp³-hybridized carbons (Fsp3) is 0.522. The molecule has 4 heterocycles. The molecule has 0 radical (unpaired) electrons. The van der Waals surface area contributed by atoms with Gasteiger partial charge in [-0.1, -0.05) is 6.92 Å². The van der Waals surface area contributed by atoms with Gasteiger partial charge in [0.15, 0.2) is 5.82 Å². The summed E-state index contributed by atoms with van der Waals surface area (Å²) in [7, 11) is 0. The summed E-state index contributed by atoms with van der Waals surface area (Å²) < 4.78 is 17.1. The van der Waals surface area contributed by atoms with Gasteiger partial charge >= 0.3 is 0 Å². The van der Waals surface area contributed by atoms with Gasteiger partial charge in [-0.05, 0) is 43.7 Å². The minimum absolute atomic E-state index is 0.0723. The van der Waals surface area contributed by atoms with E-state index >= 15 is 4.39 Å². The molecule has 2 saturated heterocycles. The monoisotopic (exact) mass is 456 g/mol. The number of benzene rings is 1. The summed E-state index contributed by atoms with van der Waals surface area (Å²) in [6.45, 7) is 9.12. The van der Waals surface area contributed by atoms with Crippen LogP contribution < -0.4 is 4.90 Å². The average molecular weight is 457 g/mol. The molecule has 2 aromatic heterocycles. The van der Waals surface area contributed by atoms with Crippen molar-refractivity contribution in [1.29, 1.82) is 0 Å². The van der Waals surface area contributed by atoms with E-state index in [0.29, 0.717) is 31.3 Å². The Bertz CT molecular complexity index is 1130. The van der Waals surface area contributed by atoms with Crippen LogP contribution in [-0.4, -0.2) is 80.0 Å². The summed E-state index contributed by atoms with van der Waals surface area (Å²) >= 11 is 4.79. The van der Waals surface area contributed by atoms with E-state index in [1.165, 1.54) is 0 Å². The first kappa shape index (κ1) is 21.6. The Hall–Kier alpha value is -2.23. The molecule has 2 unspecified atom stereocenters. The number of aryl methyl sites for hydroxylation is 2. The highest BCUT2D eigenvalue weighted by molar-refractivity contribution is 7.81. The number of β-amino-alcohol motifs (C(OH)–C–C–N with tert-alkyl or cyclic N) is 1. The maximum absolute atomic E-state index is 15.3. The summed E-state index contributed by atoms with van der Waals surface area (Å²) in [5, 5.41) is 15.2. The highest BCUT2D eigenvalue weighted by Crippen LogP contribution is 2.37. The molecule has 9 heteroatoms. The zero-order valence-electron chi connectivity index (χ0n) is 18.6. The second-order valence-electron chi connectivity index (χ2n) is 8.98. The van der Waals surface area contributed by atoms with Crippen LogP contribution in [0.25, 0.3) is 16.7 Å². The first-order valence-electron chi connectivity index (χ1n) is 11.2. The van der Waals surface area contributed by atoms with E-state index in [9.17, 15) is 5.11 Å². The molecule has 0 spiro atoms. The zero-order chi connectivity index (χ0) is 22.6. The molecule has 0 saturated carbocycles. The van der Waals surface area contributed by atoms with Crippen molar-refractivity contribution in [3.05, 3.63) is 41.3 Å². The van der Waals surface area contributed by atoms with Crippen molar-refractivity contribution < 1.29 is 9.50 Å². The average Bonchev–Trinajstić information content (AvgIpc) is 3.13. The highest BCUT2D eigenvalue weighted by Gasteiger charge is 2.37. The van der Waals surface area contributed by atoms with E-state index in [0.717, 1.165) is 40.9 Å². The SMILES string of the molecule is CCN1CC(F)C(c2cc3c(cnn3-c3cc(N4CC(O)C4)nc(C)n3)cc2C)[C@H](S)C1. The Balaban J connectivity index is 1.56. The van der Waals surface area contributed by atoms with Gasteiger partial charge in [0, 0.05) is 48.8 Å². The number of alkyl halides is 1. The molecule has 7 nitrogen and oxygen atoms in total. The number of aliphatic hydroxyl groups is 1. The normalized spacial score (nSPS) is 24.8. The van der Waals surface area contributed by atoms with Crippen LogP contribution in [0.15, 0.2) is 24.4 Å². The largest absolute Gasteiger partial charge is 0.389 e. The van der Waals surface area contributed by atoms with Gasteiger partial charge in [-0.25, -0.2) is 19.0 Å². The summed E-state index contributed by atoms with van der Waals surface area (Å²) in [5.41, 5.74) is 2.94. The molecule has 1 N–H and O–H groups in total. The van der Waals surface area contributed by atoms with E-state index in [4.69, 9.17) is 12.6 Å². The van der Waals surface area contributed by atoms with Crippen LogP contribution in [0.4, 0.5) is 10.2 Å². The summed E-state index contributed by atoms with van der Waals surface area (Å²) in [5.74, 6) is 1.82. The number of fused-ring (bicyclic) bond motifs is 1. The standard InChI is InChI=1S/C23H29FN6OS/c1-4-28-11-18(24)23(20(32)12-28)17-6-19-15(5-13(17)2)8-25-30(19)22-7-21(26-14(3)27-22)29-9-16(31)10-29/h5-8,16,18,20,23,31-32H,4,9-12H2,1-3H3/t18?,20-,23?/m1/s1. The number of likely N-dealkylation sites (tertiary alicyclic amines) is 1. The lowest BCUT2D eigenvalue weighted by atomic mass is 9.84. The number of piperidine rings is 1. The Kier molecular flexibility index (Phi) is 5.59. The Labute approximate surface area is 192 Å². The van der Waals surface area contributed by atoms with Crippen LogP contribution in [0.2, 0.25) is 0 Å². The molecule has 0 bridgehead atoms. The van der Waals surface area contributed by atoms with Gasteiger partial charge in [0.25, 0.3) is 0 Å². The minimum atomic E-state index is -0.968. The van der Waals surface area contributed by atoms with Gasteiger partial charge in [0.2, 0.25) is 0 Å². The van der Waals surface area contributed by atoms with Gasteiger partial charge in [0.1, 0.15) is 17.8 Å². The van der Waals surface area contributed by atoms with E-state index in [2.05, 4.69) is 39.0 Å². The van der Waals surface area contributed by atoms with Gasteiger partial charge in [-0.15, -0.1) is 0 Å². The van der Waals surface area contributed by atoms with Crippen molar-refractivity contribution in [2.24, 2.45) is 0 Å². The molecule has 5 rings (SSSR count). The van der Waals surface area contributed by atoms with Crippen LogP contribution in [0.1, 0.15) is 29.8 Å². The predicted molar refractivity (Wildman–Crippen MR) is 127 cm³/mol. The van der Waals surface area contributed by atoms with Gasteiger partial charge < -0.3 is 10.0 Å². The number of halogens is 1. The molecule has 0 aliphatic carbocycles. The molecule has 0 amide bonds. The number of thiol groups is 1. The van der Waals surface area contributed by atoms with E-state index < -0.39 is 6.17 Å². The van der Waals surface area contributed by atoms with Crippen LogP contribution in [0.5, 0.6) is 0 Å². The zero-order valence-corrected chi connectivity index (χ0v) is 19.5. The van der Waals surface area contributed by atoms with Crippen molar-refractivity contribution in [3.8, 4) is 5.82 Å². The predicted octanol–water partition coefficient (Wildman–Crippen LogP) is 2.67. The van der Waals surface area contributed by atoms with Crippen LogP contribution >= 0.6 is 12.6 Å². The van der Waals surface area contributed by atoms with Crippen molar-refractivity contribution in [1.82, 2.24) is 24.6 Å². The third-order valence-electron chi connectivity index (χ3n) is 6.66. The number of anilines is 1. The van der Waals surface area contributed by atoms with E-state index in [1.54, 1.807) is 4.68 Å². The number of hydrogen-bond acceptors (Lipinski definition) is 7. The highest BCUT2D eigenvalue weighted by atomic mass is 32.1. The molecular weight excluding hydrogens is 427 g/mol. The Morgan fingerprint density at radius 1 is 1.09 bits per heavy atom. The fourth-order valence-electron chi connectivity index (χ4n) is 4.91. The maximum Gasteiger partial charge on any atom is 0.159 e. The smallest absolute Gasteiger partial charge is 0.159 e. The lowest BCUT2D eigenvalue weighted by molar-refractivity contribution is 0.128. The molecule has 170 valence electrons. The second-order valence-corrected chi connectivity index (χ2v) is 9.64. The van der Waals surface area contributed by atoms with Crippen LogP contribution in [0.3, 0.4) is 0 Å². The molecule has 2 aliphatic rings. The Morgan fingerprint density at radius 2 is 1.84 bits per heavy atom. The topological polar surface area (TPSA) is 70.3 Å². The number of hydrogen-bond donors (Lipinski definition) is 2. The van der Waals surface area contributed by atoms with Gasteiger partial charge in [0.05, 0.1) is 17.8 Å². The van der Waals surface area contributed by atoms with Crippen LogP contribution in [0, 0.1) is 13.8 Å². The van der Waals surface area contributed by atoms with Gasteiger partial charge in [-0.3, -0.25) is 4.90 Å². The number of nitrogens with zero attached hydrogens (tertiary/aromatic N) is 6. The fourth-order valence-corrected chi connectivity index (χ4v) is 5.49. The molecule has 1 aromatic carbocycles. The summed E-state index contributed by atoms with van der Waals surface area (Å²) in [6.07, 6.45) is 0.540. The number of rotatable bonds is 4. The molecule has 2 aliphatic heterocycles. The lowest BCUT2D eigenvalue weighted by Crippen LogP contribution is -2.51. The first-order chi connectivity index (χ1) is 15.3. The molecule has 32 heavy (non-hydrogen) atoms. The molecular formula is C23H29FN6OS.